The van der Waals surface area contributed by atoms with Gasteiger partial charge in [0.05, 0.1) is 6.20 Å². The first kappa shape index (κ1) is 29.2. The van der Waals surface area contributed by atoms with E-state index in [-0.39, 0.29) is 18.2 Å². The standard InChI is InChI=1S/C24H25Cl2N3O9/c1-11(30)34-10-18-22(35-12(2)31)24(37-14(4)33)23(36-13(3)32)21(38-18)15-5-6-17(25)16(7-15)8-20-27-9-19(26)28-29-20/h5-7,9,18,21-24H,8,10H2,1-4H3/t18-,21+,22-,23+,24+/m1/s1. The molecule has 1 aliphatic heterocycles. The first-order valence-corrected chi connectivity index (χ1v) is 12.1. The van der Waals surface area contributed by atoms with Gasteiger partial charge in [-0.3, -0.25) is 19.2 Å². The summed E-state index contributed by atoms with van der Waals surface area (Å²) in [5.41, 5.74) is 1.06. The zero-order valence-electron chi connectivity index (χ0n) is 20.9. The molecule has 1 aromatic heterocycles. The summed E-state index contributed by atoms with van der Waals surface area (Å²) in [6.07, 6.45) is -4.37. The maximum absolute atomic E-state index is 12.1. The van der Waals surface area contributed by atoms with Crippen molar-refractivity contribution in [1.29, 1.82) is 0 Å². The predicted octanol–water partition coefficient (Wildman–Crippen LogP) is 2.57. The number of nitrogens with zero attached hydrogens (tertiary/aromatic N) is 3. The van der Waals surface area contributed by atoms with Gasteiger partial charge in [0.15, 0.2) is 29.3 Å². The molecule has 0 radical (unpaired) electrons. The Balaban J connectivity index is 2.06. The van der Waals surface area contributed by atoms with Gasteiger partial charge in [0.1, 0.15) is 18.8 Å². The van der Waals surface area contributed by atoms with Gasteiger partial charge in [0, 0.05) is 39.1 Å². The van der Waals surface area contributed by atoms with Crippen molar-refractivity contribution in [3.8, 4) is 0 Å². The van der Waals surface area contributed by atoms with E-state index in [0.717, 1.165) is 13.8 Å². The molecule has 2 aromatic rings. The topological polar surface area (TPSA) is 153 Å². The number of rotatable bonds is 8. The molecule has 1 saturated heterocycles. The second kappa shape index (κ2) is 12.9. The summed E-state index contributed by atoms with van der Waals surface area (Å²) in [6, 6.07) is 4.92. The maximum atomic E-state index is 12.1. The maximum Gasteiger partial charge on any atom is 0.303 e. The van der Waals surface area contributed by atoms with E-state index in [1.165, 1.54) is 20.0 Å². The molecule has 0 bridgehead atoms. The third-order valence-corrected chi connectivity index (χ3v) is 5.86. The number of hydrogen-bond acceptors (Lipinski definition) is 12. The highest BCUT2D eigenvalue weighted by atomic mass is 35.5. The van der Waals surface area contributed by atoms with Crippen LogP contribution in [0.2, 0.25) is 10.2 Å². The molecule has 0 N–H and O–H groups in total. The van der Waals surface area contributed by atoms with Crippen LogP contribution in [0.1, 0.15) is 50.8 Å². The van der Waals surface area contributed by atoms with E-state index >= 15 is 0 Å². The number of aromatic nitrogens is 3. The van der Waals surface area contributed by atoms with Crippen LogP contribution in [0.25, 0.3) is 0 Å². The fourth-order valence-corrected chi connectivity index (χ4v) is 4.21. The lowest BCUT2D eigenvalue weighted by Gasteiger charge is -2.44. The summed E-state index contributed by atoms with van der Waals surface area (Å²) < 4.78 is 27.7. The van der Waals surface area contributed by atoms with Crippen molar-refractivity contribution < 1.29 is 42.9 Å². The Hall–Kier alpha value is -3.35. The molecule has 0 saturated carbocycles. The molecule has 38 heavy (non-hydrogen) atoms. The molecule has 0 spiro atoms. The van der Waals surface area contributed by atoms with E-state index in [1.807, 2.05) is 0 Å². The van der Waals surface area contributed by atoms with Gasteiger partial charge in [-0.15, -0.1) is 10.2 Å². The number of esters is 4. The molecule has 0 amide bonds. The Kier molecular flexibility index (Phi) is 9.95. The van der Waals surface area contributed by atoms with E-state index < -0.39 is 54.4 Å². The summed E-state index contributed by atoms with van der Waals surface area (Å²) in [6.45, 7) is 4.35. The summed E-state index contributed by atoms with van der Waals surface area (Å²) in [5, 5.41) is 8.23. The Bertz CT molecular complexity index is 1200. The zero-order chi connectivity index (χ0) is 28.0. The van der Waals surface area contributed by atoms with Crippen LogP contribution in [0.3, 0.4) is 0 Å². The summed E-state index contributed by atoms with van der Waals surface area (Å²) in [4.78, 5) is 51.7. The van der Waals surface area contributed by atoms with Crippen LogP contribution in [0.15, 0.2) is 24.4 Å². The van der Waals surface area contributed by atoms with Gasteiger partial charge in [-0.05, 0) is 17.2 Å². The Morgan fingerprint density at radius 1 is 0.868 bits per heavy atom. The zero-order valence-corrected chi connectivity index (χ0v) is 22.4. The van der Waals surface area contributed by atoms with Gasteiger partial charge < -0.3 is 23.7 Å². The van der Waals surface area contributed by atoms with Crippen molar-refractivity contribution in [3.63, 3.8) is 0 Å². The van der Waals surface area contributed by atoms with Gasteiger partial charge >= 0.3 is 23.9 Å². The number of carbonyl (C=O) groups is 4. The highest BCUT2D eigenvalue weighted by Crippen LogP contribution is 2.38. The van der Waals surface area contributed by atoms with Crippen LogP contribution in [-0.2, 0) is 49.3 Å². The number of benzene rings is 1. The van der Waals surface area contributed by atoms with Crippen molar-refractivity contribution in [2.24, 2.45) is 0 Å². The van der Waals surface area contributed by atoms with Crippen molar-refractivity contribution >= 4 is 47.1 Å². The Morgan fingerprint density at radius 2 is 1.50 bits per heavy atom. The Morgan fingerprint density at radius 3 is 2.08 bits per heavy atom. The minimum atomic E-state index is -1.29. The number of halogens is 2. The lowest BCUT2D eigenvalue weighted by molar-refractivity contribution is -0.254. The summed E-state index contributed by atoms with van der Waals surface area (Å²) in [7, 11) is 0. The van der Waals surface area contributed by atoms with Gasteiger partial charge in [-0.25, -0.2) is 4.98 Å². The van der Waals surface area contributed by atoms with E-state index in [4.69, 9.17) is 46.9 Å². The minimum absolute atomic E-state index is 0.131. The highest BCUT2D eigenvalue weighted by Gasteiger charge is 2.52. The molecule has 5 atom stereocenters. The van der Waals surface area contributed by atoms with Gasteiger partial charge in [-0.1, -0.05) is 35.3 Å². The molecular weight excluding hydrogens is 545 g/mol. The highest BCUT2D eigenvalue weighted by molar-refractivity contribution is 6.31. The Labute approximate surface area is 227 Å². The van der Waals surface area contributed by atoms with Crippen LogP contribution in [0.4, 0.5) is 0 Å². The molecule has 1 fully saturated rings. The van der Waals surface area contributed by atoms with E-state index in [2.05, 4.69) is 15.2 Å². The van der Waals surface area contributed by atoms with Crippen molar-refractivity contribution in [2.75, 3.05) is 6.61 Å². The number of ether oxygens (including phenoxy) is 5. The SMILES string of the molecule is CC(=O)OC[C@H]1O[C@@H](c2ccc(Cl)c(Cc3ncc(Cl)nn3)c2)[C@H](OC(C)=O)[C@@H](OC(C)=O)[C@@H]1OC(C)=O. The average Bonchev–Trinajstić information content (AvgIpc) is 2.82. The lowest BCUT2D eigenvalue weighted by Crippen LogP contribution is -2.59. The normalized spacial score (nSPS) is 22.7. The molecule has 3 rings (SSSR count). The first-order valence-electron chi connectivity index (χ1n) is 11.4. The molecule has 2 heterocycles. The van der Waals surface area contributed by atoms with Crippen molar-refractivity contribution in [1.82, 2.24) is 15.2 Å². The smallest absolute Gasteiger partial charge is 0.303 e. The fourth-order valence-electron chi connectivity index (χ4n) is 3.94. The summed E-state index contributed by atoms with van der Waals surface area (Å²) in [5.74, 6) is -2.40. The fraction of sp³-hybridized carbons (Fsp3) is 0.458. The predicted molar refractivity (Wildman–Crippen MR) is 130 cm³/mol. The molecule has 12 nitrogen and oxygen atoms in total. The third-order valence-electron chi connectivity index (χ3n) is 5.32. The second-order valence-electron chi connectivity index (χ2n) is 8.34. The van der Waals surface area contributed by atoms with Gasteiger partial charge in [0.25, 0.3) is 0 Å². The van der Waals surface area contributed by atoms with Crippen LogP contribution in [0.5, 0.6) is 0 Å². The van der Waals surface area contributed by atoms with Crippen LogP contribution < -0.4 is 0 Å². The van der Waals surface area contributed by atoms with Crippen molar-refractivity contribution in [2.45, 2.75) is 64.6 Å². The molecular formula is C24H25Cl2N3O9. The number of hydrogen-bond donors (Lipinski definition) is 0. The molecule has 204 valence electrons. The molecule has 14 heteroatoms. The quantitative estimate of drug-likeness (QED) is 0.339. The van der Waals surface area contributed by atoms with Crippen molar-refractivity contribution in [3.05, 3.63) is 51.5 Å². The molecule has 0 aliphatic carbocycles. The molecule has 0 unspecified atom stereocenters. The van der Waals surface area contributed by atoms with Gasteiger partial charge in [-0.2, -0.15) is 0 Å². The van der Waals surface area contributed by atoms with E-state index in [9.17, 15) is 19.2 Å². The van der Waals surface area contributed by atoms with Crippen LogP contribution in [0, 0.1) is 0 Å². The second-order valence-corrected chi connectivity index (χ2v) is 9.14. The first-order chi connectivity index (χ1) is 17.9. The molecule has 1 aliphatic rings. The largest absolute Gasteiger partial charge is 0.463 e. The van der Waals surface area contributed by atoms with E-state index in [0.29, 0.717) is 22.0 Å². The van der Waals surface area contributed by atoms with E-state index in [1.54, 1.807) is 18.2 Å². The summed E-state index contributed by atoms with van der Waals surface area (Å²) >= 11 is 12.2. The van der Waals surface area contributed by atoms with Gasteiger partial charge in [0.2, 0.25) is 0 Å². The average molecular weight is 570 g/mol. The monoisotopic (exact) mass is 569 g/mol. The molecule has 1 aromatic carbocycles. The number of carbonyl (C=O) groups excluding carboxylic acids is 4. The lowest BCUT2D eigenvalue weighted by atomic mass is 9.89. The minimum Gasteiger partial charge on any atom is -0.463 e. The van der Waals surface area contributed by atoms with Crippen LogP contribution in [-0.4, -0.2) is 70.1 Å². The third kappa shape index (κ3) is 7.83. The van der Waals surface area contributed by atoms with Crippen LogP contribution >= 0.6 is 23.2 Å².